The molecule has 0 nitrogen and oxygen atoms in total. The van der Waals surface area contributed by atoms with Gasteiger partial charge >= 0.3 is 0 Å². The summed E-state index contributed by atoms with van der Waals surface area (Å²) >= 11 is 0. The molecule has 0 aliphatic rings. The molecule has 2 rings (SSSR count). The standard InChI is InChI=1S/C20H20/c1-17-9-13-19(14-10-17)7-5-3-4-6-8-20-15-11-18(2)12-16-20/h3-16H,1-2H3. The third-order valence-electron chi connectivity index (χ3n) is 3.07. The molecule has 100 valence electrons. The van der Waals surface area contributed by atoms with E-state index >= 15 is 0 Å². The number of aryl methyl sites for hydroxylation is 2. The van der Waals surface area contributed by atoms with Gasteiger partial charge in [-0.1, -0.05) is 96.1 Å². The maximum Gasteiger partial charge on any atom is -0.0256 e. The van der Waals surface area contributed by atoms with Gasteiger partial charge in [-0.05, 0) is 25.0 Å². The van der Waals surface area contributed by atoms with Gasteiger partial charge < -0.3 is 0 Å². The second kappa shape index (κ2) is 7.30. The molecule has 0 N–H and O–H groups in total. The van der Waals surface area contributed by atoms with Crippen LogP contribution >= 0.6 is 0 Å². The second-order valence-corrected chi connectivity index (χ2v) is 4.92. The van der Waals surface area contributed by atoms with Crippen LogP contribution in [-0.2, 0) is 0 Å². The molecule has 0 unspecified atom stereocenters. The molecule has 0 radical (unpaired) electrons. The predicted octanol–water partition coefficient (Wildman–Crippen LogP) is 5.59. The molecule has 0 bridgehead atoms. The molecule has 0 atom stereocenters. The van der Waals surface area contributed by atoms with Crippen LogP contribution in [0.1, 0.15) is 22.3 Å². The lowest BCUT2D eigenvalue weighted by molar-refractivity contribution is 1.46. The summed E-state index contributed by atoms with van der Waals surface area (Å²) in [6, 6.07) is 17.0. The zero-order chi connectivity index (χ0) is 14.2. The van der Waals surface area contributed by atoms with Gasteiger partial charge in [-0.25, -0.2) is 0 Å². The van der Waals surface area contributed by atoms with Crippen molar-refractivity contribution in [3.8, 4) is 0 Å². The van der Waals surface area contributed by atoms with E-state index in [9.17, 15) is 0 Å². The molecule has 0 aromatic heterocycles. The number of rotatable bonds is 4. The lowest BCUT2D eigenvalue weighted by atomic mass is 10.1. The SMILES string of the molecule is Cc1ccc(C=CC=CC=Cc2ccc(C)cc2)cc1. The lowest BCUT2D eigenvalue weighted by Crippen LogP contribution is -1.72. The lowest BCUT2D eigenvalue weighted by Gasteiger charge is -1.93. The van der Waals surface area contributed by atoms with E-state index in [1.807, 2.05) is 12.2 Å². The third kappa shape index (κ3) is 4.74. The van der Waals surface area contributed by atoms with Crippen LogP contribution in [0.5, 0.6) is 0 Å². The maximum atomic E-state index is 2.13. The van der Waals surface area contributed by atoms with Gasteiger partial charge in [0, 0.05) is 0 Å². The molecule has 0 saturated carbocycles. The van der Waals surface area contributed by atoms with Crippen LogP contribution < -0.4 is 0 Å². The molecule has 0 heteroatoms. The monoisotopic (exact) mass is 260 g/mol. The minimum absolute atomic E-state index is 1.22. The van der Waals surface area contributed by atoms with E-state index < -0.39 is 0 Å². The molecule has 2 aromatic carbocycles. The molecule has 0 aliphatic carbocycles. The van der Waals surface area contributed by atoms with E-state index in [-0.39, 0.29) is 0 Å². The maximum absolute atomic E-state index is 2.13. The highest BCUT2D eigenvalue weighted by Crippen LogP contribution is 2.06. The Hall–Kier alpha value is -2.34. The Bertz CT molecular complexity index is 551. The van der Waals surface area contributed by atoms with E-state index in [0.29, 0.717) is 0 Å². The van der Waals surface area contributed by atoms with Crippen molar-refractivity contribution >= 4 is 12.2 Å². The van der Waals surface area contributed by atoms with Crippen LogP contribution in [0.3, 0.4) is 0 Å². The molecule has 0 aliphatic heterocycles. The van der Waals surface area contributed by atoms with Gasteiger partial charge in [0.2, 0.25) is 0 Å². The average Bonchev–Trinajstić information content (AvgIpc) is 2.46. The van der Waals surface area contributed by atoms with Gasteiger partial charge in [0.1, 0.15) is 0 Å². The van der Waals surface area contributed by atoms with Gasteiger partial charge in [-0.2, -0.15) is 0 Å². The smallest absolute Gasteiger partial charge is 0.0256 e. The van der Waals surface area contributed by atoms with E-state index in [1.165, 1.54) is 22.3 Å². The summed E-state index contributed by atoms with van der Waals surface area (Å²) < 4.78 is 0. The first kappa shape index (κ1) is 14.1. The minimum Gasteiger partial charge on any atom is -0.0622 e. The van der Waals surface area contributed by atoms with Gasteiger partial charge in [0.05, 0.1) is 0 Å². The van der Waals surface area contributed by atoms with Crippen LogP contribution in [0.25, 0.3) is 12.2 Å². The van der Waals surface area contributed by atoms with Crippen LogP contribution in [-0.4, -0.2) is 0 Å². The first-order chi connectivity index (χ1) is 9.74. The fourth-order valence-corrected chi connectivity index (χ4v) is 1.82. The Labute approximate surface area is 121 Å². The summed E-state index contributed by atoms with van der Waals surface area (Å²) in [6.07, 6.45) is 12.4. The zero-order valence-corrected chi connectivity index (χ0v) is 12.1. The third-order valence-corrected chi connectivity index (χ3v) is 3.07. The summed E-state index contributed by atoms with van der Waals surface area (Å²) in [6.45, 7) is 4.20. The number of hydrogen-bond acceptors (Lipinski definition) is 0. The summed E-state index contributed by atoms with van der Waals surface area (Å²) in [4.78, 5) is 0. The normalized spacial score (nSPS) is 11.9. The topological polar surface area (TPSA) is 0 Å². The molecule has 2 aromatic rings. The molecule has 0 amide bonds. The van der Waals surface area contributed by atoms with Crippen molar-refractivity contribution in [1.82, 2.24) is 0 Å². The molecule has 20 heavy (non-hydrogen) atoms. The van der Waals surface area contributed by atoms with Crippen LogP contribution in [0.2, 0.25) is 0 Å². The number of allylic oxidation sites excluding steroid dienone is 4. The molecule has 0 heterocycles. The van der Waals surface area contributed by atoms with Crippen molar-refractivity contribution in [3.63, 3.8) is 0 Å². The van der Waals surface area contributed by atoms with Crippen molar-refractivity contribution in [2.45, 2.75) is 13.8 Å². The van der Waals surface area contributed by atoms with Crippen molar-refractivity contribution in [3.05, 3.63) is 95.1 Å². The molecular weight excluding hydrogens is 240 g/mol. The van der Waals surface area contributed by atoms with Crippen LogP contribution in [0.4, 0.5) is 0 Å². The van der Waals surface area contributed by atoms with Crippen molar-refractivity contribution in [1.29, 1.82) is 0 Å². The Morgan fingerprint density at radius 3 is 1.20 bits per heavy atom. The minimum atomic E-state index is 1.22. The van der Waals surface area contributed by atoms with Crippen LogP contribution in [0, 0.1) is 13.8 Å². The molecule has 0 spiro atoms. The van der Waals surface area contributed by atoms with Crippen molar-refractivity contribution in [2.24, 2.45) is 0 Å². The summed E-state index contributed by atoms with van der Waals surface area (Å²) in [7, 11) is 0. The molecular formula is C20H20. The van der Waals surface area contributed by atoms with E-state index in [4.69, 9.17) is 0 Å². The molecule has 0 fully saturated rings. The van der Waals surface area contributed by atoms with Crippen LogP contribution in [0.15, 0.2) is 72.8 Å². The quantitative estimate of drug-likeness (QED) is 0.629. The first-order valence-corrected chi connectivity index (χ1v) is 6.89. The summed E-state index contributed by atoms with van der Waals surface area (Å²) in [5.41, 5.74) is 5.03. The van der Waals surface area contributed by atoms with Gasteiger partial charge in [0.15, 0.2) is 0 Å². The Morgan fingerprint density at radius 1 is 0.500 bits per heavy atom. The highest BCUT2D eigenvalue weighted by atomic mass is 13.9. The second-order valence-electron chi connectivity index (χ2n) is 4.92. The zero-order valence-electron chi connectivity index (χ0n) is 12.1. The highest BCUT2D eigenvalue weighted by Gasteiger charge is 1.85. The van der Waals surface area contributed by atoms with Crippen molar-refractivity contribution in [2.75, 3.05) is 0 Å². The highest BCUT2D eigenvalue weighted by molar-refractivity contribution is 5.53. The molecule has 0 saturated heterocycles. The predicted molar refractivity (Wildman–Crippen MR) is 89.6 cm³/mol. The number of benzene rings is 2. The van der Waals surface area contributed by atoms with Crippen molar-refractivity contribution < 1.29 is 0 Å². The van der Waals surface area contributed by atoms with E-state index in [2.05, 4.69) is 86.7 Å². The first-order valence-electron chi connectivity index (χ1n) is 6.89. The number of hydrogen-bond donors (Lipinski definition) is 0. The summed E-state index contributed by atoms with van der Waals surface area (Å²) in [5, 5.41) is 0. The van der Waals surface area contributed by atoms with Gasteiger partial charge in [-0.3, -0.25) is 0 Å². The average molecular weight is 260 g/mol. The Kier molecular flexibility index (Phi) is 5.14. The largest absolute Gasteiger partial charge is 0.0622 e. The fraction of sp³-hybridized carbons (Fsp3) is 0.100. The van der Waals surface area contributed by atoms with Gasteiger partial charge in [-0.15, -0.1) is 0 Å². The van der Waals surface area contributed by atoms with E-state index in [1.54, 1.807) is 0 Å². The fourth-order valence-electron chi connectivity index (χ4n) is 1.82. The Morgan fingerprint density at radius 2 is 0.850 bits per heavy atom. The summed E-state index contributed by atoms with van der Waals surface area (Å²) in [5.74, 6) is 0. The van der Waals surface area contributed by atoms with E-state index in [0.717, 1.165) is 0 Å². The van der Waals surface area contributed by atoms with Gasteiger partial charge in [0.25, 0.3) is 0 Å². The Balaban J connectivity index is 1.87.